The highest BCUT2D eigenvalue weighted by atomic mass is 16.1. The van der Waals surface area contributed by atoms with Crippen molar-refractivity contribution in [1.29, 1.82) is 0 Å². The van der Waals surface area contributed by atoms with Crippen molar-refractivity contribution in [2.75, 3.05) is 0 Å². The molecule has 0 amide bonds. The zero-order valence-electron chi connectivity index (χ0n) is 15.2. The fourth-order valence-corrected chi connectivity index (χ4v) is 3.70. The first-order valence-corrected chi connectivity index (χ1v) is 8.61. The molecule has 1 spiro atoms. The standard InChI is InChI=1S/C22H28O/c1-20(2,3)17-13-22(14-18(19(17)23)21(4,5)6)12-16(22)15-10-8-7-9-11-15/h7-11,13-14,16H,12H2,1-6H3. The Morgan fingerprint density at radius 3 is 1.78 bits per heavy atom. The topological polar surface area (TPSA) is 17.1 Å². The number of rotatable bonds is 1. The van der Waals surface area contributed by atoms with Crippen molar-refractivity contribution in [2.45, 2.75) is 53.9 Å². The van der Waals surface area contributed by atoms with Crippen LogP contribution in [-0.2, 0) is 4.79 Å². The first-order chi connectivity index (χ1) is 10.5. The van der Waals surface area contributed by atoms with Gasteiger partial charge in [-0.25, -0.2) is 0 Å². The molecular weight excluding hydrogens is 280 g/mol. The van der Waals surface area contributed by atoms with Crippen LogP contribution in [0.15, 0.2) is 53.6 Å². The molecule has 0 saturated heterocycles. The molecule has 0 aromatic heterocycles. The highest BCUT2D eigenvalue weighted by molar-refractivity contribution is 6.11. The molecule has 1 aromatic carbocycles. The van der Waals surface area contributed by atoms with E-state index >= 15 is 0 Å². The molecule has 1 atom stereocenters. The first-order valence-electron chi connectivity index (χ1n) is 8.61. The maximum atomic E-state index is 13.0. The van der Waals surface area contributed by atoms with Gasteiger partial charge in [0.15, 0.2) is 5.78 Å². The van der Waals surface area contributed by atoms with Crippen molar-refractivity contribution < 1.29 is 4.79 Å². The summed E-state index contributed by atoms with van der Waals surface area (Å²) in [6.07, 6.45) is 5.67. The number of carbonyl (C=O) groups is 1. The number of hydrogen-bond donors (Lipinski definition) is 0. The zero-order valence-corrected chi connectivity index (χ0v) is 15.2. The molecule has 3 rings (SSSR count). The largest absolute Gasteiger partial charge is 0.289 e. The lowest BCUT2D eigenvalue weighted by Crippen LogP contribution is -2.30. The second kappa shape index (κ2) is 4.93. The average molecular weight is 308 g/mol. The third-order valence-electron chi connectivity index (χ3n) is 5.18. The summed E-state index contributed by atoms with van der Waals surface area (Å²) >= 11 is 0. The van der Waals surface area contributed by atoms with Crippen molar-refractivity contribution in [1.82, 2.24) is 0 Å². The fourth-order valence-electron chi connectivity index (χ4n) is 3.70. The molecule has 0 heterocycles. The van der Waals surface area contributed by atoms with Crippen molar-refractivity contribution in [2.24, 2.45) is 16.2 Å². The molecule has 0 aliphatic heterocycles. The van der Waals surface area contributed by atoms with E-state index in [4.69, 9.17) is 0 Å². The summed E-state index contributed by atoms with van der Waals surface area (Å²) in [5.74, 6) is 0.751. The first kappa shape index (κ1) is 16.2. The number of carbonyl (C=O) groups excluding carboxylic acids is 1. The zero-order chi connectivity index (χ0) is 17.0. The molecule has 0 N–H and O–H groups in total. The van der Waals surface area contributed by atoms with E-state index in [9.17, 15) is 4.79 Å². The Bertz CT molecular complexity index is 656. The van der Waals surface area contributed by atoms with Gasteiger partial charge in [-0.3, -0.25) is 4.79 Å². The average Bonchev–Trinajstić information content (AvgIpc) is 3.14. The number of hydrogen-bond acceptors (Lipinski definition) is 1. The van der Waals surface area contributed by atoms with Crippen LogP contribution in [0.3, 0.4) is 0 Å². The normalized spacial score (nSPS) is 23.6. The van der Waals surface area contributed by atoms with Crippen LogP contribution in [0.1, 0.15) is 59.4 Å². The Morgan fingerprint density at radius 1 is 0.870 bits per heavy atom. The van der Waals surface area contributed by atoms with Gasteiger partial charge in [0.25, 0.3) is 0 Å². The lowest BCUT2D eigenvalue weighted by Gasteiger charge is -2.33. The SMILES string of the molecule is CC(C)(C)C1=CC2(C=C(C(C)(C)C)C1=O)CC2c1ccccc1. The van der Waals surface area contributed by atoms with Gasteiger partial charge in [0.1, 0.15) is 0 Å². The summed E-state index contributed by atoms with van der Waals surface area (Å²) in [6.45, 7) is 12.9. The van der Waals surface area contributed by atoms with Gasteiger partial charge < -0.3 is 0 Å². The number of ketones is 1. The summed E-state index contributed by atoms with van der Waals surface area (Å²) in [5, 5.41) is 0. The minimum atomic E-state index is -0.112. The molecule has 0 radical (unpaired) electrons. The molecule has 2 aliphatic rings. The van der Waals surface area contributed by atoms with E-state index in [0.717, 1.165) is 17.6 Å². The summed E-state index contributed by atoms with van der Waals surface area (Å²) in [6, 6.07) is 10.7. The second-order valence-corrected chi connectivity index (χ2v) is 9.22. The molecule has 1 heteroatoms. The molecule has 0 bridgehead atoms. The number of allylic oxidation sites excluding steroid dienone is 4. The van der Waals surface area contributed by atoms with Crippen molar-refractivity contribution in [3.8, 4) is 0 Å². The Balaban J connectivity index is 2.08. The molecule has 1 aromatic rings. The van der Waals surface area contributed by atoms with Crippen LogP contribution in [0.5, 0.6) is 0 Å². The smallest absolute Gasteiger partial charge is 0.185 e. The highest BCUT2D eigenvalue weighted by Gasteiger charge is 2.55. The van der Waals surface area contributed by atoms with E-state index in [2.05, 4.69) is 84.0 Å². The maximum absolute atomic E-state index is 13.0. The molecule has 23 heavy (non-hydrogen) atoms. The predicted octanol–water partition coefficient (Wildman–Crippen LogP) is 5.69. The van der Waals surface area contributed by atoms with Gasteiger partial charge in [0, 0.05) is 16.6 Å². The molecular formula is C22H28O. The minimum Gasteiger partial charge on any atom is -0.289 e. The lowest BCUT2D eigenvalue weighted by molar-refractivity contribution is -0.114. The van der Waals surface area contributed by atoms with E-state index < -0.39 is 0 Å². The van der Waals surface area contributed by atoms with Gasteiger partial charge in [-0.15, -0.1) is 0 Å². The number of benzene rings is 1. The monoisotopic (exact) mass is 308 g/mol. The lowest BCUT2D eigenvalue weighted by atomic mass is 9.69. The van der Waals surface area contributed by atoms with Crippen molar-refractivity contribution in [3.05, 3.63) is 59.2 Å². The molecule has 1 nitrogen and oxygen atoms in total. The van der Waals surface area contributed by atoms with Crippen LogP contribution in [-0.4, -0.2) is 5.78 Å². The van der Waals surface area contributed by atoms with E-state index in [0.29, 0.717) is 5.92 Å². The number of Topliss-reactive ketones (excluding diaryl/α,β-unsaturated/α-hetero) is 1. The fraction of sp³-hybridized carbons (Fsp3) is 0.500. The quantitative estimate of drug-likeness (QED) is 0.651. The maximum Gasteiger partial charge on any atom is 0.185 e. The van der Waals surface area contributed by atoms with Crippen LogP contribution < -0.4 is 0 Å². The van der Waals surface area contributed by atoms with Crippen LogP contribution >= 0.6 is 0 Å². The molecule has 1 unspecified atom stereocenters. The van der Waals surface area contributed by atoms with Gasteiger partial charge in [-0.2, -0.15) is 0 Å². The Hall–Kier alpha value is -1.63. The summed E-state index contributed by atoms with van der Waals surface area (Å²) in [5.41, 5.74) is 3.18. The van der Waals surface area contributed by atoms with E-state index in [1.807, 2.05) is 0 Å². The van der Waals surface area contributed by atoms with Gasteiger partial charge in [-0.05, 0) is 28.7 Å². The second-order valence-electron chi connectivity index (χ2n) is 9.22. The van der Waals surface area contributed by atoms with E-state index in [-0.39, 0.29) is 22.0 Å². The molecule has 1 fully saturated rings. The predicted molar refractivity (Wildman–Crippen MR) is 96.3 cm³/mol. The van der Waals surface area contributed by atoms with Crippen LogP contribution in [0.25, 0.3) is 0 Å². The van der Waals surface area contributed by atoms with Crippen LogP contribution in [0, 0.1) is 16.2 Å². The minimum absolute atomic E-state index is 0.0422. The van der Waals surface area contributed by atoms with Crippen LogP contribution in [0.2, 0.25) is 0 Å². The Morgan fingerprint density at radius 2 is 1.35 bits per heavy atom. The molecule has 1 saturated carbocycles. The summed E-state index contributed by atoms with van der Waals surface area (Å²) in [4.78, 5) is 13.0. The van der Waals surface area contributed by atoms with Gasteiger partial charge in [0.2, 0.25) is 0 Å². The third kappa shape index (κ3) is 2.82. The summed E-state index contributed by atoms with van der Waals surface area (Å²) in [7, 11) is 0. The highest BCUT2D eigenvalue weighted by Crippen LogP contribution is 2.65. The van der Waals surface area contributed by atoms with Crippen LogP contribution in [0.4, 0.5) is 0 Å². The molecule has 122 valence electrons. The van der Waals surface area contributed by atoms with E-state index in [1.165, 1.54) is 5.56 Å². The van der Waals surface area contributed by atoms with Gasteiger partial charge in [0.05, 0.1) is 0 Å². The van der Waals surface area contributed by atoms with Gasteiger partial charge in [-0.1, -0.05) is 84.0 Å². The van der Waals surface area contributed by atoms with Crippen molar-refractivity contribution in [3.63, 3.8) is 0 Å². The van der Waals surface area contributed by atoms with Crippen molar-refractivity contribution >= 4 is 5.78 Å². The summed E-state index contributed by atoms with van der Waals surface area (Å²) < 4.78 is 0. The Labute approximate surface area is 140 Å². The van der Waals surface area contributed by atoms with E-state index in [1.54, 1.807) is 0 Å². The third-order valence-corrected chi connectivity index (χ3v) is 5.18. The Kier molecular flexibility index (Phi) is 3.48. The molecule has 2 aliphatic carbocycles. The van der Waals surface area contributed by atoms with Gasteiger partial charge >= 0.3 is 0 Å².